The fourth-order valence-corrected chi connectivity index (χ4v) is 3.02. The molecule has 2 heterocycles. The van der Waals surface area contributed by atoms with Crippen LogP contribution in [0.15, 0.2) is 24.3 Å². The van der Waals surface area contributed by atoms with Gasteiger partial charge in [-0.3, -0.25) is 0 Å². The Morgan fingerprint density at radius 1 is 1.29 bits per heavy atom. The number of imidazole rings is 1. The van der Waals surface area contributed by atoms with Gasteiger partial charge in [-0.1, -0.05) is 12.1 Å². The fraction of sp³-hybridized carbons (Fsp3) is 0.562. The maximum atomic E-state index is 5.54. The molecule has 3 rings (SSSR count). The number of nitrogens with zero attached hydrogens (tertiary/aromatic N) is 2. The molecular formula is C16H24ClN3O. The molecule has 21 heavy (non-hydrogen) atoms. The molecule has 1 aliphatic rings. The van der Waals surface area contributed by atoms with Crippen LogP contribution in [0.1, 0.15) is 31.5 Å². The summed E-state index contributed by atoms with van der Waals surface area (Å²) in [6, 6.07) is 8.43. The third kappa shape index (κ3) is 3.57. The van der Waals surface area contributed by atoms with Gasteiger partial charge in [-0.25, -0.2) is 4.98 Å². The molecule has 5 heteroatoms. The number of ether oxygens (including phenoxy) is 1. The number of nitrogens with one attached hydrogen (secondary N) is 1. The zero-order valence-electron chi connectivity index (χ0n) is 12.5. The van der Waals surface area contributed by atoms with Gasteiger partial charge in [-0.15, -0.1) is 12.4 Å². The Balaban J connectivity index is 0.00000161. The average Bonchev–Trinajstić information content (AvgIpc) is 2.87. The molecule has 0 aliphatic carbocycles. The molecular weight excluding hydrogens is 286 g/mol. The van der Waals surface area contributed by atoms with Gasteiger partial charge in [0.1, 0.15) is 5.82 Å². The van der Waals surface area contributed by atoms with Crippen molar-refractivity contribution in [2.24, 2.45) is 0 Å². The topological polar surface area (TPSA) is 39.1 Å². The average molecular weight is 310 g/mol. The molecule has 1 aliphatic heterocycles. The lowest BCUT2D eigenvalue weighted by Crippen LogP contribution is -2.28. The van der Waals surface area contributed by atoms with E-state index in [2.05, 4.69) is 34.1 Å². The zero-order valence-corrected chi connectivity index (χ0v) is 13.4. The SMILES string of the molecule is CCOCCn1c(C2CCNCC2)nc2ccccc21.Cl. The van der Waals surface area contributed by atoms with E-state index in [1.807, 2.05) is 6.92 Å². The van der Waals surface area contributed by atoms with Gasteiger partial charge in [-0.05, 0) is 45.0 Å². The van der Waals surface area contributed by atoms with E-state index in [0.29, 0.717) is 5.92 Å². The van der Waals surface area contributed by atoms with E-state index in [-0.39, 0.29) is 12.4 Å². The van der Waals surface area contributed by atoms with Crippen LogP contribution in [0.2, 0.25) is 0 Å². The maximum absolute atomic E-state index is 5.54. The molecule has 1 saturated heterocycles. The first-order valence-corrected chi connectivity index (χ1v) is 7.63. The van der Waals surface area contributed by atoms with E-state index in [1.54, 1.807) is 0 Å². The summed E-state index contributed by atoms with van der Waals surface area (Å²) < 4.78 is 7.90. The maximum Gasteiger partial charge on any atom is 0.113 e. The van der Waals surface area contributed by atoms with Crippen molar-refractivity contribution in [3.8, 4) is 0 Å². The van der Waals surface area contributed by atoms with Crippen molar-refractivity contribution in [3.05, 3.63) is 30.1 Å². The first-order valence-electron chi connectivity index (χ1n) is 7.63. The highest BCUT2D eigenvalue weighted by Crippen LogP contribution is 2.28. The minimum atomic E-state index is 0. The third-order valence-corrected chi connectivity index (χ3v) is 4.05. The van der Waals surface area contributed by atoms with Crippen LogP contribution >= 0.6 is 12.4 Å². The van der Waals surface area contributed by atoms with Gasteiger partial charge >= 0.3 is 0 Å². The Hall–Kier alpha value is -1.10. The molecule has 1 N–H and O–H groups in total. The molecule has 2 aromatic rings. The second kappa shape index (κ2) is 7.78. The van der Waals surface area contributed by atoms with E-state index in [4.69, 9.17) is 9.72 Å². The van der Waals surface area contributed by atoms with Crippen molar-refractivity contribution in [2.75, 3.05) is 26.3 Å². The van der Waals surface area contributed by atoms with Gasteiger partial charge in [0.05, 0.1) is 17.6 Å². The van der Waals surface area contributed by atoms with Gasteiger partial charge in [0.25, 0.3) is 0 Å². The summed E-state index contributed by atoms with van der Waals surface area (Å²) in [6.45, 7) is 6.66. The van der Waals surface area contributed by atoms with Crippen LogP contribution < -0.4 is 5.32 Å². The molecule has 1 aromatic carbocycles. The Bertz CT molecular complexity index is 564. The van der Waals surface area contributed by atoms with E-state index in [9.17, 15) is 0 Å². The highest BCUT2D eigenvalue weighted by atomic mass is 35.5. The largest absolute Gasteiger partial charge is 0.380 e. The Morgan fingerprint density at radius 2 is 2.05 bits per heavy atom. The van der Waals surface area contributed by atoms with Crippen LogP contribution in [0, 0.1) is 0 Å². The molecule has 1 fully saturated rings. The molecule has 0 amide bonds. The van der Waals surface area contributed by atoms with E-state index in [1.165, 1.54) is 24.2 Å². The van der Waals surface area contributed by atoms with Crippen molar-refractivity contribution < 1.29 is 4.74 Å². The van der Waals surface area contributed by atoms with Crippen molar-refractivity contribution in [3.63, 3.8) is 0 Å². The van der Waals surface area contributed by atoms with Crippen molar-refractivity contribution in [1.82, 2.24) is 14.9 Å². The molecule has 0 unspecified atom stereocenters. The lowest BCUT2D eigenvalue weighted by molar-refractivity contribution is 0.138. The van der Waals surface area contributed by atoms with Gasteiger partial charge in [-0.2, -0.15) is 0 Å². The van der Waals surface area contributed by atoms with Crippen molar-refractivity contribution in [2.45, 2.75) is 32.2 Å². The number of para-hydroxylation sites is 2. The molecule has 0 radical (unpaired) electrons. The number of hydrogen-bond donors (Lipinski definition) is 1. The summed E-state index contributed by atoms with van der Waals surface area (Å²) in [4.78, 5) is 4.89. The van der Waals surface area contributed by atoms with E-state index in [0.717, 1.165) is 38.4 Å². The van der Waals surface area contributed by atoms with Gasteiger partial charge in [0.2, 0.25) is 0 Å². The molecule has 0 spiro atoms. The Labute approximate surface area is 132 Å². The van der Waals surface area contributed by atoms with Gasteiger partial charge < -0.3 is 14.6 Å². The van der Waals surface area contributed by atoms with E-state index >= 15 is 0 Å². The summed E-state index contributed by atoms with van der Waals surface area (Å²) in [5.41, 5.74) is 2.35. The number of fused-ring (bicyclic) bond motifs is 1. The highest BCUT2D eigenvalue weighted by Gasteiger charge is 2.21. The standard InChI is InChI=1S/C16H23N3O.ClH/c1-2-20-12-11-19-15-6-4-3-5-14(15)18-16(19)13-7-9-17-10-8-13;/h3-6,13,17H,2,7-12H2,1H3;1H. The van der Waals surface area contributed by atoms with Gasteiger partial charge in [0.15, 0.2) is 0 Å². The Kier molecular flexibility index (Phi) is 6.03. The van der Waals surface area contributed by atoms with E-state index < -0.39 is 0 Å². The highest BCUT2D eigenvalue weighted by molar-refractivity contribution is 5.85. The molecule has 0 saturated carbocycles. The number of benzene rings is 1. The lowest BCUT2D eigenvalue weighted by atomic mass is 9.97. The second-order valence-electron chi connectivity index (χ2n) is 5.33. The van der Waals surface area contributed by atoms with Crippen LogP contribution in [-0.2, 0) is 11.3 Å². The van der Waals surface area contributed by atoms with Crippen LogP contribution in [0.25, 0.3) is 11.0 Å². The third-order valence-electron chi connectivity index (χ3n) is 4.05. The summed E-state index contributed by atoms with van der Waals surface area (Å²) >= 11 is 0. The predicted molar refractivity (Wildman–Crippen MR) is 88.3 cm³/mol. The Morgan fingerprint density at radius 3 is 2.81 bits per heavy atom. The lowest BCUT2D eigenvalue weighted by Gasteiger charge is -2.23. The minimum Gasteiger partial charge on any atom is -0.380 e. The van der Waals surface area contributed by atoms with Crippen molar-refractivity contribution in [1.29, 1.82) is 0 Å². The number of rotatable bonds is 5. The molecule has 1 aromatic heterocycles. The number of piperidine rings is 1. The second-order valence-corrected chi connectivity index (χ2v) is 5.33. The summed E-state index contributed by atoms with van der Waals surface area (Å²) in [5, 5.41) is 3.43. The van der Waals surface area contributed by atoms with Crippen molar-refractivity contribution >= 4 is 23.4 Å². The minimum absolute atomic E-state index is 0. The predicted octanol–water partition coefficient (Wildman–Crippen LogP) is 2.96. The zero-order chi connectivity index (χ0) is 13.8. The van der Waals surface area contributed by atoms with Crippen LogP contribution in [-0.4, -0.2) is 35.9 Å². The monoisotopic (exact) mass is 309 g/mol. The number of aromatic nitrogens is 2. The quantitative estimate of drug-likeness (QED) is 0.863. The summed E-state index contributed by atoms with van der Waals surface area (Å²) in [6.07, 6.45) is 2.36. The first kappa shape index (κ1) is 16.3. The van der Waals surface area contributed by atoms with Crippen LogP contribution in [0.4, 0.5) is 0 Å². The fourth-order valence-electron chi connectivity index (χ4n) is 3.02. The molecule has 0 bridgehead atoms. The number of halogens is 1. The summed E-state index contributed by atoms with van der Waals surface area (Å²) in [5.74, 6) is 1.82. The smallest absolute Gasteiger partial charge is 0.113 e. The normalized spacial score (nSPS) is 16.0. The molecule has 0 atom stereocenters. The summed E-state index contributed by atoms with van der Waals surface area (Å²) in [7, 11) is 0. The number of hydrogen-bond acceptors (Lipinski definition) is 3. The van der Waals surface area contributed by atoms with Crippen LogP contribution in [0.5, 0.6) is 0 Å². The molecule has 4 nitrogen and oxygen atoms in total. The van der Waals surface area contributed by atoms with Gasteiger partial charge in [0, 0.05) is 19.1 Å². The van der Waals surface area contributed by atoms with Crippen LogP contribution in [0.3, 0.4) is 0 Å². The first-order chi connectivity index (χ1) is 9.90. The molecule has 116 valence electrons.